The molecule has 1 fully saturated rings. The number of aromatic hydroxyl groups is 1. The first-order chi connectivity index (χ1) is 10.5. The highest BCUT2D eigenvalue weighted by atomic mass is 16.5. The molecule has 1 aromatic carbocycles. The number of carbonyl (C=O) groups excluding carboxylic acids is 1. The second-order valence-electron chi connectivity index (χ2n) is 6.63. The van der Waals surface area contributed by atoms with Gasteiger partial charge in [-0.3, -0.25) is 4.79 Å². The quantitative estimate of drug-likeness (QED) is 0.822. The molecule has 0 saturated carbocycles. The highest BCUT2D eigenvalue weighted by molar-refractivity contribution is 5.76. The lowest BCUT2D eigenvalue weighted by Crippen LogP contribution is -2.40. The highest BCUT2D eigenvalue weighted by Crippen LogP contribution is 2.31. The van der Waals surface area contributed by atoms with E-state index in [0.29, 0.717) is 25.4 Å². The van der Waals surface area contributed by atoms with Gasteiger partial charge in [-0.2, -0.15) is 0 Å². The second-order valence-corrected chi connectivity index (χ2v) is 6.63. The maximum Gasteiger partial charge on any atom is 0.222 e. The van der Waals surface area contributed by atoms with Crippen molar-refractivity contribution in [2.45, 2.75) is 44.9 Å². The molecule has 1 aliphatic heterocycles. The molecule has 0 spiro atoms. The predicted molar refractivity (Wildman–Crippen MR) is 87.0 cm³/mol. The third-order valence-electron chi connectivity index (χ3n) is 4.43. The number of hydrogen-bond donors (Lipinski definition) is 1. The molecule has 0 bridgehead atoms. The molecule has 1 amide bonds. The Bertz CT molecular complexity index is 493. The number of benzene rings is 1. The predicted octanol–water partition coefficient (Wildman–Crippen LogP) is 3.09. The molecule has 2 rings (SSSR count). The molecule has 1 saturated heterocycles. The van der Waals surface area contributed by atoms with Crippen LogP contribution in [0.2, 0.25) is 0 Å². The first kappa shape index (κ1) is 16.8. The summed E-state index contributed by atoms with van der Waals surface area (Å²) in [5, 5.41) is 9.60. The zero-order chi connectivity index (χ0) is 16.0. The maximum absolute atomic E-state index is 12.1. The number of morpholine rings is 1. The van der Waals surface area contributed by atoms with Gasteiger partial charge in [0.05, 0.1) is 13.2 Å². The summed E-state index contributed by atoms with van der Waals surface area (Å²) in [4.78, 5) is 14.0. The van der Waals surface area contributed by atoms with Crippen LogP contribution in [0.4, 0.5) is 0 Å². The van der Waals surface area contributed by atoms with Crippen LogP contribution >= 0.6 is 0 Å². The Morgan fingerprint density at radius 1 is 1.27 bits per heavy atom. The van der Waals surface area contributed by atoms with Crippen molar-refractivity contribution in [3.8, 4) is 5.75 Å². The van der Waals surface area contributed by atoms with Crippen molar-refractivity contribution in [2.24, 2.45) is 0 Å². The Morgan fingerprint density at radius 3 is 2.68 bits per heavy atom. The fourth-order valence-corrected chi connectivity index (χ4v) is 2.89. The number of phenolic OH excluding ortho intramolecular Hbond substituents is 1. The zero-order valence-electron chi connectivity index (χ0n) is 13.7. The topological polar surface area (TPSA) is 49.8 Å². The summed E-state index contributed by atoms with van der Waals surface area (Å²) in [5.41, 5.74) is 1.16. The molecule has 0 unspecified atom stereocenters. The maximum atomic E-state index is 12.1. The minimum absolute atomic E-state index is 0.0146. The summed E-state index contributed by atoms with van der Waals surface area (Å²) in [7, 11) is 0. The SMILES string of the molecule is CC(C)(CCCCC(=O)N1CCOCC1)c1cccc(O)c1. The largest absolute Gasteiger partial charge is 0.508 e. The van der Waals surface area contributed by atoms with E-state index in [1.54, 1.807) is 6.07 Å². The average Bonchev–Trinajstić information content (AvgIpc) is 2.52. The summed E-state index contributed by atoms with van der Waals surface area (Å²) in [6, 6.07) is 7.46. The summed E-state index contributed by atoms with van der Waals surface area (Å²) < 4.78 is 5.26. The van der Waals surface area contributed by atoms with Crippen LogP contribution in [0.5, 0.6) is 5.75 Å². The molecule has 1 aromatic rings. The Hall–Kier alpha value is -1.55. The first-order valence-electron chi connectivity index (χ1n) is 8.14. The number of unbranched alkanes of at least 4 members (excludes halogenated alkanes) is 1. The second kappa shape index (κ2) is 7.63. The number of hydrogen-bond acceptors (Lipinski definition) is 3. The third kappa shape index (κ3) is 4.73. The number of carbonyl (C=O) groups is 1. The van der Waals surface area contributed by atoms with Crippen molar-refractivity contribution in [1.29, 1.82) is 0 Å². The molecular formula is C18H27NO3. The lowest BCUT2D eigenvalue weighted by Gasteiger charge is -2.27. The molecular weight excluding hydrogens is 278 g/mol. The Balaban J connectivity index is 1.74. The minimum Gasteiger partial charge on any atom is -0.508 e. The van der Waals surface area contributed by atoms with Crippen molar-refractivity contribution in [3.05, 3.63) is 29.8 Å². The van der Waals surface area contributed by atoms with E-state index in [9.17, 15) is 9.90 Å². The van der Waals surface area contributed by atoms with Gasteiger partial charge in [0, 0.05) is 19.5 Å². The number of phenols is 1. The first-order valence-corrected chi connectivity index (χ1v) is 8.14. The summed E-state index contributed by atoms with van der Waals surface area (Å²) in [6.07, 6.45) is 3.56. The number of nitrogens with zero attached hydrogens (tertiary/aromatic N) is 1. The molecule has 1 heterocycles. The summed E-state index contributed by atoms with van der Waals surface area (Å²) >= 11 is 0. The van der Waals surface area contributed by atoms with Gasteiger partial charge in [0.25, 0.3) is 0 Å². The van der Waals surface area contributed by atoms with Gasteiger partial charge in [0.2, 0.25) is 5.91 Å². The van der Waals surface area contributed by atoms with Crippen molar-refractivity contribution < 1.29 is 14.6 Å². The van der Waals surface area contributed by atoms with E-state index in [1.807, 2.05) is 17.0 Å². The Labute approximate surface area is 133 Å². The van der Waals surface area contributed by atoms with Gasteiger partial charge in [-0.1, -0.05) is 32.4 Å². The lowest BCUT2D eigenvalue weighted by atomic mass is 9.80. The van der Waals surface area contributed by atoms with E-state index in [4.69, 9.17) is 4.74 Å². The number of amides is 1. The van der Waals surface area contributed by atoms with Crippen LogP contribution in [0, 0.1) is 0 Å². The van der Waals surface area contributed by atoms with Gasteiger partial charge in [-0.25, -0.2) is 0 Å². The van der Waals surface area contributed by atoms with Crippen molar-refractivity contribution in [2.75, 3.05) is 26.3 Å². The summed E-state index contributed by atoms with van der Waals surface area (Å²) in [5.74, 6) is 0.562. The Kier molecular flexibility index (Phi) is 5.83. The van der Waals surface area contributed by atoms with E-state index in [2.05, 4.69) is 19.9 Å². The van der Waals surface area contributed by atoms with E-state index in [0.717, 1.165) is 37.9 Å². The van der Waals surface area contributed by atoms with Crippen molar-refractivity contribution >= 4 is 5.91 Å². The molecule has 0 aliphatic carbocycles. The van der Waals surface area contributed by atoms with Crippen LogP contribution in [-0.2, 0) is 14.9 Å². The highest BCUT2D eigenvalue weighted by Gasteiger charge is 2.21. The Morgan fingerprint density at radius 2 is 2.00 bits per heavy atom. The van der Waals surface area contributed by atoms with Gasteiger partial charge in [-0.15, -0.1) is 0 Å². The van der Waals surface area contributed by atoms with Gasteiger partial charge in [-0.05, 0) is 36.0 Å². The van der Waals surface area contributed by atoms with Crippen LogP contribution in [0.25, 0.3) is 0 Å². The fraction of sp³-hybridized carbons (Fsp3) is 0.611. The molecule has 22 heavy (non-hydrogen) atoms. The van der Waals surface area contributed by atoms with E-state index in [1.165, 1.54) is 0 Å². The molecule has 4 nitrogen and oxygen atoms in total. The molecule has 0 aromatic heterocycles. The monoisotopic (exact) mass is 305 g/mol. The van der Waals surface area contributed by atoms with Crippen LogP contribution in [-0.4, -0.2) is 42.2 Å². The van der Waals surface area contributed by atoms with Crippen molar-refractivity contribution in [3.63, 3.8) is 0 Å². The molecule has 1 aliphatic rings. The molecule has 122 valence electrons. The fourth-order valence-electron chi connectivity index (χ4n) is 2.89. The van der Waals surface area contributed by atoms with Gasteiger partial charge < -0.3 is 14.7 Å². The van der Waals surface area contributed by atoms with Crippen LogP contribution in [0.3, 0.4) is 0 Å². The van der Waals surface area contributed by atoms with Gasteiger partial charge in [0.15, 0.2) is 0 Å². The molecule has 4 heteroatoms. The number of ether oxygens (including phenoxy) is 1. The normalized spacial score (nSPS) is 15.8. The van der Waals surface area contributed by atoms with E-state index in [-0.39, 0.29) is 11.3 Å². The van der Waals surface area contributed by atoms with Crippen LogP contribution in [0.1, 0.15) is 45.1 Å². The standard InChI is InChI=1S/C18H27NO3/c1-18(2,15-6-5-7-16(20)14-15)9-4-3-8-17(21)19-10-12-22-13-11-19/h5-7,14,20H,3-4,8-13H2,1-2H3. The smallest absolute Gasteiger partial charge is 0.222 e. The van der Waals surface area contributed by atoms with Crippen LogP contribution in [0.15, 0.2) is 24.3 Å². The number of rotatable bonds is 6. The van der Waals surface area contributed by atoms with Gasteiger partial charge >= 0.3 is 0 Å². The van der Waals surface area contributed by atoms with Crippen LogP contribution < -0.4 is 0 Å². The third-order valence-corrected chi connectivity index (χ3v) is 4.43. The minimum atomic E-state index is 0.0146. The molecule has 0 atom stereocenters. The zero-order valence-corrected chi connectivity index (χ0v) is 13.7. The molecule has 1 N–H and O–H groups in total. The van der Waals surface area contributed by atoms with Gasteiger partial charge in [0.1, 0.15) is 5.75 Å². The van der Waals surface area contributed by atoms with E-state index >= 15 is 0 Å². The van der Waals surface area contributed by atoms with Crippen molar-refractivity contribution in [1.82, 2.24) is 4.90 Å². The lowest BCUT2D eigenvalue weighted by molar-refractivity contribution is -0.135. The van der Waals surface area contributed by atoms with E-state index < -0.39 is 0 Å². The summed E-state index contributed by atoms with van der Waals surface area (Å²) in [6.45, 7) is 7.16. The molecule has 0 radical (unpaired) electrons. The average molecular weight is 305 g/mol.